The fourth-order valence-corrected chi connectivity index (χ4v) is 1.71. The Bertz CT molecular complexity index is 652. The van der Waals surface area contributed by atoms with Crippen molar-refractivity contribution in [3.8, 4) is 11.8 Å². The van der Waals surface area contributed by atoms with Crippen LogP contribution in [0.1, 0.15) is 5.69 Å². The molecular formula is C13H11ClN4O. The molecule has 0 radical (unpaired) electrons. The van der Waals surface area contributed by atoms with Gasteiger partial charge in [-0.3, -0.25) is 0 Å². The molecule has 0 atom stereocenters. The Hall–Kier alpha value is -2.45. The second kappa shape index (κ2) is 5.46. The number of pyridine rings is 1. The number of nitrogen functional groups attached to an aromatic ring is 1. The Morgan fingerprint density at radius 3 is 2.84 bits per heavy atom. The first-order valence-corrected chi connectivity index (χ1v) is 5.79. The normalized spacial score (nSPS) is 9.74. The molecule has 1 aromatic heterocycles. The lowest BCUT2D eigenvalue weighted by molar-refractivity contribution is 0.415. The van der Waals surface area contributed by atoms with Crippen molar-refractivity contribution in [3.05, 3.63) is 41.0 Å². The van der Waals surface area contributed by atoms with Crippen LogP contribution in [-0.4, -0.2) is 12.1 Å². The second-order valence-corrected chi connectivity index (χ2v) is 4.13. The van der Waals surface area contributed by atoms with Gasteiger partial charge in [0.1, 0.15) is 17.6 Å². The van der Waals surface area contributed by atoms with Gasteiger partial charge in [-0.05, 0) is 24.3 Å². The zero-order chi connectivity index (χ0) is 13.8. The number of nitrogens with zero attached hydrogens (tertiary/aromatic N) is 2. The quantitative estimate of drug-likeness (QED) is 0.899. The molecule has 1 heterocycles. The van der Waals surface area contributed by atoms with Crippen LogP contribution in [0.4, 0.5) is 17.2 Å². The van der Waals surface area contributed by atoms with Crippen LogP contribution in [0, 0.1) is 11.3 Å². The minimum Gasteiger partial charge on any atom is -0.495 e. The molecule has 0 spiro atoms. The molecule has 1 aromatic carbocycles. The summed E-state index contributed by atoms with van der Waals surface area (Å²) < 4.78 is 5.12. The number of nitrogens with two attached hydrogens (primary N) is 1. The lowest BCUT2D eigenvalue weighted by Gasteiger charge is -2.09. The molecule has 0 saturated heterocycles. The molecule has 0 aliphatic carbocycles. The third kappa shape index (κ3) is 2.87. The summed E-state index contributed by atoms with van der Waals surface area (Å²) in [6.07, 6.45) is 0. The number of hydrogen-bond donors (Lipinski definition) is 2. The zero-order valence-electron chi connectivity index (χ0n) is 10.1. The predicted molar refractivity (Wildman–Crippen MR) is 74.7 cm³/mol. The van der Waals surface area contributed by atoms with Crippen molar-refractivity contribution in [1.29, 1.82) is 5.26 Å². The number of nitriles is 1. The van der Waals surface area contributed by atoms with Crippen molar-refractivity contribution in [3.63, 3.8) is 0 Å². The standard InChI is InChI=1S/C13H11ClN4O/c1-19-12-6-8(2-3-9(12)14)17-13-5-4-10(16)11(7-15)18-13/h2-6H,16H2,1H3,(H,17,18). The van der Waals surface area contributed by atoms with Gasteiger partial charge in [0.25, 0.3) is 0 Å². The van der Waals surface area contributed by atoms with Gasteiger partial charge in [0, 0.05) is 11.8 Å². The average Bonchev–Trinajstić information content (AvgIpc) is 2.43. The molecule has 2 rings (SSSR count). The number of aromatic nitrogens is 1. The van der Waals surface area contributed by atoms with Gasteiger partial charge in [0.2, 0.25) is 0 Å². The van der Waals surface area contributed by atoms with Gasteiger partial charge in [-0.2, -0.15) is 5.26 Å². The van der Waals surface area contributed by atoms with Gasteiger partial charge in [-0.15, -0.1) is 0 Å². The second-order valence-electron chi connectivity index (χ2n) is 3.72. The Balaban J connectivity index is 2.29. The van der Waals surface area contributed by atoms with E-state index in [1.807, 2.05) is 6.07 Å². The summed E-state index contributed by atoms with van der Waals surface area (Å²) in [5.74, 6) is 1.08. The minimum absolute atomic E-state index is 0.186. The monoisotopic (exact) mass is 274 g/mol. The number of halogens is 1. The van der Waals surface area contributed by atoms with E-state index in [9.17, 15) is 0 Å². The highest BCUT2D eigenvalue weighted by Gasteiger charge is 2.05. The molecule has 0 amide bonds. The smallest absolute Gasteiger partial charge is 0.165 e. The fourth-order valence-electron chi connectivity index (χ4n) is 1.51. The van der Waals surface area contributed by atoms with E-state index in [2.05, 4.69) is 10.3 Å². The van der Waals surface area contributed by atoms with Gasteiger partial charge in [-0.25, -0.2) is 4.98 Å². The molecule has 0 saturated carbocycles. The third-order valence-electron chi connectivity index (χ3n) is 2.46. The van der Waals surface area contributed by atoms with Crippen LogP contribution in [-0.2, 0) is 0 Å². The first-order valence-electron chi connectivity index (χ1n) is 5.41. The Kier molecular flexibility index (Phi) is 3.74. The third-order valence-corrected chi connectivity index (χ3v) is 2.77. The fraction of sp³-hybridized carbons (Fsp3) is 0.0769. The number of ether oxygens (including phenoxy) is 1. The largest absolute Gasteiger partial charge is 0.495 e. The number of nitrogens with one attached hydrogen (secondary N) is 1. The molecule has 0 bridgehead atoms. The zero-order valence-corrected chi connectivity index (χ0v) is 10.9. The van der Waals surface area contributed by atoms with Crippen LogP contribution in [0.2, 0.25) is 5.02 Å². The van der Waals surface area contributed by atoms with Crippen LogP contribution >= 0.6 is 11.6 Å². The van der Waals surface area contributed by atoms with Crippen LogP contribution in [0.3, 0.4) is 0 Å². The highest BCUT2D eigenvalue weighted by Crippen LogP contribution is 2.28. The molecule has 0 aliphatic heterocycles. The van der Waals surface area contributed by atoms with Crippen molar-refractivity contribution < 1.29 is 4.74 Å². The molecule has 0 aliphatic rings. The summed E-state index contributed by atoms with van der Waals surface area (Å²) in [7, 11) is 1.54. The number of rotatable bonds is 3. The van der Waals surface area contributed by atoms with Gasteiger partial charge in [0.05, 0.1) is 17.8 Å². The van der Waals surface area contributed by atoms with Gasteiger partial charge < -0.3 is 15.8 Å². The maximum absolute atomic E-state index is 8.87. The predicted octanol–water partition coefficient (Wildman–Crippen LogP) is 2.94. The molecule has 2 aromatic rings. The van der Waals surface area contributed by atoms with Gasteiger partial charge >= 0.3 is 0 Å². The molecule has 96 valence electrons. The minimum atomic E-state index is 0.186. The van der Waals surface area contributed by atoms with E-state index in [0.717, 1.165) is 5.69 Å². The van der Waals surface area contributed by atoms with E-state index in [4.69, 9.17) is 27.3 Å². The average molecular weight is 275 g/mol. The van der Waals surface area contributed by atoms with E-state index in [1.54, 1.807) is 37.4 Å². The lowest BCUT2D eigenvalue weighted by atomic mass is 10.2. The highest BCUT2D eigenvalue weighted by molar-refractivity contribution is 6.32. The Morgan fingerprint density at radius 1 is 1.37 bits per heavy atom. The van der Waals surface area contributed by atoms with Gasteiger partial charge in [-0.1, -0.05) is 11.6 Å². The summed E-state index contributed by atoms with van der Waals surface area (Å²) >= 11 is 5.94. The van der Waals surface area contributed by atoms with Crippen molar-refractivity contribution >= 4 is 28.8 Å². The molecule has 6 heteroatoms. The van der Waals surface area contributed by atoms with E-state index in [0.29, 0.717) is 22.3 Å². The molecular weight excluding hydrogens is 264 g/mol. The van der Waals surface area contributed by atoms with Crippen LogP contribution < -0.4 is 15.8 Å². The topological polar surface area (TPSA) is 84.0 Å². The number of benzene rings is 1. The number of hydrogen-bond acceptors (Lipinski definition) is 5. The lowest BCUT2D eigenvalue weighted by Crippen LogP contribution is -1.99. The molecule has 19 heavy (non-hydrogen) atoms. The van der Waals surface area contributed by atoms with E-state index in [1.165, 1.54) is 0 Å². The maximum Gasteiger partial charge on any atom is 0.165 e. The van der Waals surface area contributed by atoms with Gasteiger partial charge in [0.15, 0.2) is 5.69 Å². The summed E-state index contributed by atoms with van der Waals surface area (Å²) in [5, 5.41) is 12.4. The highest BCUT2D eigenvalue weighted by atomic mass is 35.5. The molecule has 0 unspecified atom stereocenters. The first-order chi connectivity index (χ1) is 9.13. The van der Waals surface area contributed by atoms with Crippen LogP contribution in [0.15, 0.2) is 30.3 Å². The molecule has 0 fully saturated rings. The van der Waals surface area contributed by atoms with Crippen LogP contribution in [0.25, 0.3) is 0 Å². The SMILES string of the molecule is COc1cc(Nc2ccc(N)c(C#N)n2)ccc1Cl. The van der Waals surface area contributed by atoms with Crippen molar-refractivity contribution in [2.45, 2.75) is 0 Å². The summed E-state index contributed by atoms with van der Waals surface area (Å²) in [4.78, 5) is 4.09. The molecule has 3 N–H and O–H groups in total. The van der Waals surface area contributed by atoms with Crippen molar-refractivity contribution in [2.24, 2.45) is 0 Å². The Labute approximate surface area is 115 Å². The number of anilines is 3. The summed E-state index contributed by atoms with van der Waals surface area (Å²) in [6.45, 7) is 0. The van der Waals surface area contributed by atoms with E-state index < -0.39 is 0 Å². The van der Waals surface area contributed by atoms with Crippen LogP contribution in [0.5, 0.6) is 5.75 Å². The molecule has 5 nitrogen and oxygen atoms in total. The number of methoxy groups -OCH3 is 1. The van der Waals surface area contributed by atoms with Crippen molar-refractivity contribution in [2.75, 3.05) is 18.2 Å². The maximum atomic E-state index is 8.87. The summed E-state index contributed by atoms with van der Waals surface area (Å²) in [6, 6.07) is 10.5. The summed E-state index contributed by atoms with van der Waals surface area (Å²) in [5.41, 5.74) is 6.90. The van der Waals surface area contributed by atoms with E-state index >= 15 is 0 Å². The Morgan fingerprint density at radius 2 is 2.16 bits per heavy atom. The van der Waals surface area contributed by atoms with Crippen molar-refractivity contribution in [1.82, 2.24) is 4.98 Å². The first kappa shape index (κ1) is 13.0. The van der Waals surface area contributed by atoms with E-state index in [-0.39, 0.29) is 5.69 Å².